The van der Waals surface area contributed by atoms with Crippen LogP contribution in [0.2, 0.25) is 0 Å². The quantitative estimate of drug-likeness (QED) is 0.858. The van der Waals surface area contributed by atoms with Crippen molar-refractivity contribution in [3.8, 4) is 10.6 Å². The standard InChI is InChI=1S/C15H19N3OS.2ClH/c1-10(8-16)9-17-14(19)13-11(2)18-15(20-13)12-6-4-3-5-7-12;;/h3-7,10H,8-9,16H2,1-2H3,(H,17,19);2*1H. The Balaban J connectivity index is 0.00000220. The van der Waals surface area contributed by atoms with E-state index in [1.54, 1.807) is 0 Å². The van der Waals surface area contributed by atoms with E-state index in [2.05, 4.69) is 10.3 Å². The molecule has 0 saturated heterocycles. The molecule has 0 aliphatic carbocycles. The topological polar surface area (TPSA) is 68.0 Å². The minimum Gasteiger partial charge on any atom is -0.351 e. The first-order valence-electron chi connectivity index (χ1n) is 6.63. The molecule has 122 valence electrons. The van der Waals surface area contributed by atoms with E-state index in [1.807, 2.05) is 44.2 Å². The lowest BCUT2D eigenvalue weighted by Crippen LogP contribution is -2.31. The summed E-state index contributed by atoms with van der Waals surface area (Å²) in [6.07, 6.45) is 0. The summed E-state index contributed by atoms with van der Waals surface area (Å²) < 4.78 is 0. The predicted molar refractivity (Wildman–Crippen MR) is 97.3 cm³/mol. The van der Waals surface area contributed by atoms with E-state index in [-0.39, 0.29) is 36.6 Å². The van der Waals surface area contributed by atoms with Crippen LogP contribution in [0, 0.1) is 12.8 Å². The van der Waals surface area contributed by atoms with Crippen molar-refractivity contribution in [1.82, 2.24) is 10.3 Å². The molecule has 22 heavy (non-hydrogen) atoms. The van der Waals surface area contributed by atoms with Gasteiger partial charge in [-0.05, 0) is 19.4 Å². The number of halogens is 2. The molecular formula is C15H21Cl2N3OS. The molecule has 2 rings (SSSR count). The highest BCUT2D eigenvalue weighted by Gasteiger charge is 2.16. The van der Waals surface area contributed by atoms with Gasteiger partial charge in [-0.1, -0.05) is 37.3 Å². The SMILES string of the molecule is Cc1nc(-c2ccccc2)sc1C(=O)NCC(C)CN.Cl.Cl. The smallest absolute Gasteiger partial charge is 0.263 e. The summed E-state index contributed by atoms with van der Waals surface area (Å²) in [5.41, 5.74) is 7.35. The van der Waals surface area contributed by atoms with Crippen molar-refractivity contribution in [3.63, 3.8) is 0 Å². The molecule has 1 heterocycles. The van der Waals surface area contributed by atoms with E-state index in [9.17, 15) is 4.79 Å². The zero-order chi connectivity index (χ0) is 14.5. The molecule has 0 spiro atoms. The lowest BCUT2D eigenvalue weighted by molar-refractivity contribution is 0.0952. The van der Waals surface area contributed by atoms with Crippen LogP contribution < -0.4 is 11.1 Å². The monoisotopic (exact) mass is 361 g/mol. The summed E-state index contributed by atoms with van der Waals surface area (Å²) in [6, 6.07) is 9.89. The molecule has 1 atom stereocenters. The van der Waals surface area contributed by atoms with E-state index in [1.165, 1.54) is 11.3 Å². The molecule has 4 nitrogen and oxygen atoms in total. The molecule has 0 radical (unpaired) electrons. The number of benzene rings is 1. The van der Waals surface area contributed by atoms with Gasteiger partial charge in [0.15, 0.2) is 0 Å². The molecule has 0 bridgehead atoms. The average molecular weight is 362 g/mol. The Hall–Kier alpha value is -1.14. The highest BCUT2D eigenvalue weighted by molar-refractivity contribution is 7.17. The Morgan fingerprint density at radius 3 is 2.55 bits per heavy atom. The summed E-state index contributed by atoms with van der Waals surface area (Å²) >= 11 is 1.43. The number of hydrogen-bond donors (Lipinski definition) is 2. The third-order valence-electron chi connectivity index (χ3n) is 3.04. The molecular weight excluding hydrogens is 341 g/mol. The van der Waals surface area contributed by atoms with Crippen LogP contribution in [0.1, 0.15) is 22.3 Å². The number of aromatic nitrogens is 1. The second-order valence-electron chi connectivity index (χ2n) is 4.85. The molecule has 1 aromatic carbocycles. The number of amides is 1. The maximum Gasteiger partial charge on any atom is 0.263 e. The lowest BCUT2D eigenvalue weighted by atomic mass is 10.2. The van der Waals surface area contributed by atoms with Crippen LogP contribution in [0.15, 0.2) is 30.3 Å². The van der Waals surface area contributed by atoms with Crippen LogP contribution in [0.3, 0.4) is 0 Å². The number of aryl methyl sites for hydroxylation is 1. The summed E-state index contributed by atoms with van der Waals surface area (Å²) in [7, 11) is 0. The van der Waals surface area contributed by atoms with Gasteiger partial charge >= 0.3 is 0 Å². The Kier molecular flexibility index (Phi) is 9.28. The fourth-order valence-corrected chi connectivity index (χ4v) is 2.73. The minimum atomic E-state index is -0.0671. The number of nitrogens with two attached hydrogens (primary N) is 1. The van der Waals surface area contributed by atoms with Crippen LogP contribution >= 0.6 is 36.2 Å². The van der Waals surface area contributed by atoms with E-state index in [4.69, 9.17) is 5.73 Å². The average Bonchev–Trinajstić information content (AvgIpc) is 2.87. The van der Waals surface area contributed by atoms with Gasteiger partial charge in [-0.15, -0.1) is 36.2 Å². The number of hydrogen-bond acceptors (Lipinski definition) is 4. The summed E-state index contributed by atoms with van der Waals surface area (Å²) in [4.78, 5) is 17.3. The fraction of sp³-hybridized carbons (Fsp3) is 0.333. The van der Waals surface area contributed by atoms with Gasteiger partial charge in [0.2, 0.25) is 0 Å². The van der Waals surface area contributed by atoms with Gasteiger partial charge in [0.25, 0.3) is 5.91 Å². The first-order chi connectivity index (χ1) is 9.61. The molecule has 3 N–H and O–H groups in total. The van der Waals surface area contributed by atoms with E-state index >= 15 is 0 Å². The maximum absolute atomic E-state index is 12.1. The van der Waals surface area contributed by atoms with Gasteiger partial charge in [-0.3, -0.25) is 4.79 Å². The highest BCUT2D eigenvalue weighted by atomic mass is 35.5. The Morgan fingerprint density at radius 2 is 1.95 bits per heavy atom. The normalized spacial score (nSPS) is 11.0. The van der Waals surface area contributed by atoms with Crippen molar-refractivity contribution in [2.45, 2.75) is 13.8 Å². The fourth-order valence-electron chi connectivity index (χ4n) is 1.74. The number of thiazole rings is 1. The van der Waals surface area contributed by atoms with Gasteiger partial charge in [0.05, 0.1) is 5.69 Å². The van der Waals surface area contributed by atoms with Crippen molar-refractivity contribution in [1.29, 1.82) is 0 Å². The van der Waals surface area contributed by atoms with Gasteiger partial charge in [-0.25, -0.2) is 4.98 Å². The Bertz CT molecular complexity index is 590. The molecule has 1 amide bonds. The molecule has 0 fully saturated rings. The zero-order valence-electron chi connectivity index (χ0n) is 12.5. The van der Waals surface area contributed by atoms with Crippen molar-refractivity contribution < 1.29 is 4.79 Å². The first kappa shape index (κ1) is 20.9. The summed E-state index contributed by atoms with van der Waals surface area (Å²) in [5, 5.41) is 3.78. The summed E-state index contributed by atoms with van der Waals surface area (Å²) in [5.74, 6) is 0.211. The minimum absolute atomic E-state index is 0. The largest absolute Gasteiger partial charge is 0.351 e. The molecule has 7 heteroatoms. The Morgan fingerprint density at radius 1 is 1.32 bits per heavy atom. The van der Waals surface area contributed by atoms with Crippen molar-refractivity contribution in [2.75, 3.05) is 13.1 Å². The molecule has 0 aliphatic heterocycles. The third kappa shape index (κ3) is 5.25. The number of nitrogens with zero attached hydrogens (tertiary/aromatic N) is 1. The van der Waals surface area contributed by atoms with Gasteiger partial charge < -0.3 is 11.1 Å². The van der Waals surface area contributed by atoms with Crippen LogP contribution in [-0.2, 0) is 0 Å². The second kappa shape index (κ2) is 9.79. The predicted octanol–water partition coefficient (Wildman–Crippen LogP) is 3.29. The van der Waals surface area contributed by atoms with Crippen LogP contribution in [0.25, 0.3) is 10.6 Å². The van der Waals surface area contributed by atoms with E-state index in [0.717, 1.165) is 16.3 Å². The lowest BCUT2D eigenvalue weighted by Gasteiger charge is -2.09. The van der Waals surface area contributed by atoms with Crippen LogP contribution in [-0.4, -0.2) is 24.0 Å². The van der Waals surface area contributed by atoms with E-state index < -0.39 is 0 Å². The molecule has 0 saturated carbocycles. The zero-order valence-corrected chi connectivity index (χ0v) is 15.0. The van der Waals surface area contributed by atoms with Crippen molar-refractivity contribution >= 4 is 42.1 Å². The molecule has 0 aliphatic rings. The van der Waals surface area contributed by atoms with Crippen molar-refractivity contribution in [2.24, 2.45) is 11.7 Å². The number of nitrogens with one attached hydrogen (secondary N) is 1. The van der Waals surface area contributed by atoms with Crippen molar-refractivity contribution in [3.05, 3.63) is 40.9 Å². The van der Waals surface area contributed by atoms with Crippen LogP contribution in [0.5, 0.6) is 0 Å². The third-order valence-corrected chi connectivity index (χ3v) is 4.24. The van der Waals surface area contributed by atoms with Gasteiger partial charge in [-0.2, -0.15) is 0 Å². The van der Waals surface area contributed by atoms with Gasteiger partial charge in [0.1, 0.15) is 9.88 Å². The van der Waals surface area contributed by atoms with E-state index in [0.29, 0.717) is 18.0 Å². The molecule has 2 aromatic rings. The molecule has 1 unspecified atom stereocenters. The molecule has 1 aromatic heterocycles. The second-order valence-corrected chi connectivity index (χ2v) is 5.85. The first-order valence-corrected chi connectivity index (χ1v) is 7.44. The number of carbonyl (C=O) groups excluding carboxylic acids is 1. The number of rotatable bonds is 5. The highest BCUT2D eigenvalue weighted by Crippen LogP contribution is 2.27. The number of carbonyl (C=O) groups is 1. The maximum atomic E-state index is 12.1. The summed E-state index contributed by atoms with van der Waals surface area (Å²) in [6.45, 7) is 5.03. The van der Waals surface area contributed by atoms with Crippen LogP contribution in [0.4, 0.5) is 0 Å². The Labute approximate surface area is 147 Å². The van der Waals surface area contributed by atoms with Gasteiger partial charge in [0, 0.05) is 12.1 Å².